The van der Waals surface area contributed by atoms with Crippen LogP contribution in [-0.4, -0.2) is 30.0 Å². The fourth-order valence-corrected chi connectivity index (χ4v) is 5.47. The molecule has 0 radical (unpaired) electrons. The van der Waals surface area contributed by atoms with E-state index in [2.05, 4.69) is 38.8 Å². The molecule has 0 saturated heterocycles. The normalized spacial score (nSPS) is 22.4. The van der Waals surface area contributed by atoms with Gasteiger partial charge in [0.1, 0.15) is 0 Å². The van der Waals surface area contributed by atoms with E-state index in [1.165, 1.54) is 42.3 Å². The molecule has 0 aromatic heterocycles. The topological polar surface area (TPSA) is 12.0 Å². The summed E-state index contributed by atoms with van der Waals surface area (Å²) >= 11 is 0. The van der Waals surface area contributed by atoms with Crippen molar-refractivity contribution in [1.29, 1.82) is 0 Å². The molecule has 3 heteroatoms. The van der Waals surface area contributed by atoms with Crippen LogP contribution in [0.1, 0.15) is 46.0 Å². The van der Waals surface area contributed by atoms with E-state index in [9.17, 15) is 0 Å². The van der Waals surface area contributed by atoms with E-state index in [1.807, 2.05) is 0 Å². The minimum absolute atomic E-state index is 0.503. The SMILES string of the molecule is CC([SiH3])=C(C)CNC1([Si](C)(C)C)CCCCC1. The van der Waals surface area contributed by atoms with Gasteiger partial charge in [0.25, 0.3) is 0 Å². The maximum atomic E-state index is 3.98. The Labute approximate surface area is 112 Å². The lowest BCUT2D eigenvalue weighted by atomic mass is 9.94. The van der Waals surface area contributed by atoms with E-state index < -0.39 is 8.07 Å². The third-order valence-electron chi connectivity index (χ3n) is 4.69. The lowest BCUT2D eigenvalue weighted by Crippen LogP contribution is -2.63. The summed E-state index contributed by atoms with van der Waals surface area (Å²) in [5, 5.41) is 6.10. The maximum absolute atomic E-state index is 3.98. The van der Waals surface area contributed by atoms with Gasteiger partial charge in [-0.05, 0) is 26.7 Å². The highest BCUT2D eigenvalue weighted by Crippen LogP contribution is 2.36. The molecule has 0 heterocycles. The Morgan fingerprint density at radius 3 is 2.06 bits per heavy atom. The van der Waals surface area contributed by atoms with Gasteiger partial charge in [-0.25, -0.2) is 0 Å². The minimum Gasteiger partial charge on any atom is -0.310 e. The molecule has 1 aliphatic carbocycles. The molecule has 0 unspecified atom stereocenters. The van der Waals surface area contributed by atoms with Crippen molar-refractivity contribution in [2.75, 3.05) is 6.54 Å². The van der Waals surface area contributed by atoms with Crippen molar-refractivity contribution in [2.45, 2.75) is 70.8 Å². The Balaban J connectivity index is 2.75. The standard InChI is InChI=1S/C14H31NSi2/c1-12(13(2)16)11-15-14(17(3,4)5)9-7-6-8-10-14/h15H,6-11H2,1-5,16H3. The first-order valence-corrected chi connectivity index (χ1v) is 11.7. The average Bonchev–Trinajstić information content (AvgIpc) is 2.25. The molecule has 100 valence electrons. The molecule has 1 N–H and O–H groups in total. The van der Waals surface area contributed by atoms with Gasteiger partial charge < -0.3 is 5.32 Å². The van der Waals surface area contributed by atoms with Gasteiger partial charge >= 0.3 is 0 Å². The maximum Gasteiger partial charge on any atom is 0.0674 e. The average molecular weight is 270 g/mol. The summed E-state index contributed by atoms with van der Waals surface area (Å²) in [6.07, 6.45) is 7.13. The van der Waals surface area contributed by atoms with Crippen LogP contribution in [0.2, 0.25) is 19.6 Å². The first-order chi connectivity index (χ1) is 7.78. The van der Waals surface area contributed by atoms with Gasteiger partial charge in [0.2, 0.25) is 0 Å². The van der Waals surface area contributed by atoms with Crippen LogP contribution in [0, 0.1) is 0 Å². The zero-order valence-corrected chi connectivity index (χ0v) is 15.7. The Morgan fingerprint density at radius 2 is 1.65 bits per heavy atom. The van der Waals surface area contributed by atoms with Gasteiger partial charge in [-0.15, -0.1) is 0 Å². The molecule has 0 aliphatic heterocycles. The van der Waals surface area contributed by atoms with E-state index in [0.717, 1.165) is 6.54 Å². The first-order valence-electron chi connectivity index (χ1n) is 7.16. The highest BCUT2D eigenvalue weighted by molar-refractivity contribution is 6.79. The third-order valence-corrected chi connectivity index (χ3v) is 9.09. The van der Waals surface area contributed by atoms with E-state index in [0.29, 0.717) is 5.16 Å². The predicted molar refractivity (Wildman–Crippen MR) is 85.5 cm³/mol. The van der Waals surface area contributed by atoms with Gasteiger partial charge in [0.15, 0.2) is 0 Å². The van der Waals surface area contributed by atoms with Crippen LogP contribution in [0.15, 0.2) is 10.8 Å². The summed E-state index contributed by atoms with van der Waals surface area (Å²) in [4.78, 5) is 0. The molecule has 0 aromatic carbocycles. The van der Waals surface area contributed by atoms with E-state index in [-0.39, 0.29) is 0 Å². The quantitative estimate of drug-likeness (QED) is 0.774. The van der Waals surface area contributed by atoms with Gasteiger partial charge in [-0.2, -0.15) is 0 Å². The number of hydrogen-bond acceptors (Lipinski definition) is 1. The van der Waals surface area contributed by atoms with E-state index in [4.69, 9.17) is 0 Å². The van der Waals surface area contributed by atoms with Crippen LogP contribution in [0.3, 0.4) is 0 Å². The first kappa shape index (κ1) is 15.2. The fourth-order valence-electron chi connectivity index (χ4n) is 2.83. The molecule has 0 bridgehead atoms. The predicted octanol–water partition coefficient (Wildman–Crippen LogP) is 2.82. The molecule has 0 spiro atoms. The summed E-state index contributed by atoms with van der Waals surface area (Å²) < 4.78 is 0. The summed E-state index contributed by atoms with van der Waals surface area (Å²) in [6.45, 7) is 13.3. The van der Waals surface area contributed by atoms with Crippen molar-refractivity contribution in [2.24, 2.45) is 0 Å². The molecular formula is C14H31NSi2. The van der Waals surface area contributed by atoms with Crippen LogP contribution in [0.4, 0.5) is 0 Å². The van der Waals surface area contributed by atoms with Crippen molar-refractivity contribution in [3.8, 4) is 0 Å². The highest BCUT2D eigenvalue weighted by Gasteiger charge is 2.43. The van der Waals surface area contributed by atoms with Crippen molar-refractivity contribution >= 4 is 18.3 Å². The van der Waals surface area contributed by atoms with Crippen LogP contribution >= 0.6 is 0 Å². The molecule has 1 nitrogen and oxygen atoms in total. The second kappa shape index (κ2) is 5.85. The Kier molecular flexibility index (Phi) is 5.23. The Morgan fingerprint density at radius 1 is 1.12 bits per heavy atom. The van der Waals surface area contributed by atoms with Gasteiger partial charge in [0, 0.05) is 21.9 Å². The Bertz CT molecular complexity index is 279. The van der Waals surface area contributed by atoms with Gasteiger partial charge in [-0.3, -0.25) is 0 Å². The van der Waals surface area contributed by atoms with Crippen LogP contribution < -0.4 is 5.32 Å². The third kappa shape index (κ3) is 3.80. The molecule has 17 heavy (non-hydrogen) atoms. The monoisotopic (exact) mass is 269 g/mol. The highest BCUT2D eigenvalue weighted by atomic mass is 28.3. The summed E-state index contributed by atoms with van der Waals surface area (Å²) in [5.41, 5.74) is 1.58. The summed E-state index contributed by atoms with van der Waals surface area (Å²) in [5.74, 6) is 0. The van der Waals surface area contributed by atoms with Crippen LogP contribution in [0.5, 0.6) is 0 Å². The molecule has 0 amide bonds. The number of rotatable bonds is 4. The number of allylic oxidation sites excluding steroid dienone is 1. The molecule has 0 aromatic rings. The number of hydrogen-bond donors (Lipinski definition) is 1. The van der Waals surface area contributed by atoms with Crippen molar-refractivity contribution in [1.82, 2.24) is 5.32 Å². The Hall–Kier alpha value is 0.134. The molecule has 0 atom stereocenters. The van der Waals surface area contributed by atoms with Crippen LogP contribution in [-0.2, 0) is 0 Å². The lowest BCUT2D eigenvalue weighted by molar-refractivity contribution is 0.322. The van der Waals surface area contributed by atoms with E-state index in [1.54, 1.807) is 10.8 Å². The van der Waals surface area contributed by atoms with Gasteiger partial charge in [0.05, 0.1) is 8.07 Å². The summed E-state index contributed by atoms with van der Waals surface area (Å²) in [6, 6.07) is 0. The van der Waals surface area contributed by atoms with Crippen molar-refractivity contribution in [3.05, 3.63) is 10.8 Å². The largest absolute Gasteiger partial charge is 0.310 e. The summed E-state index contributed by atoms with van der Waals surface area (Å²) in [7, 11) is 0.0814. The molecule has 1 aliphatic rings. The zero-order chi connectivity index (χ0) is 13.1. The minimum atomic E-state index is -1.13. The van der Waals surface area contributed by atoms with E-state index >= 15 is 0 Å². The van der Waals surface area contributed by atoms with Gasteiger partial charge in [-0.1, -0.05) is 49.7 Å². The second-order valence-corrected chi connectivity index (χ2v) is 14.0. The lowest BCUT2D eigenvalue weighted by Gasteiger charge is -2.47. The second-order valence-electron chi connectivity index (χ2n) is 7.03. The molecule has 1 saturated carbocycles. The fraction of sp³-hybridized carbons (Fsp3) is 0.857. The van der Waals surface area contributed by atoms with Crippen molar-refractivity contribution < 1.29 is 0 Å². The molecule has 1 rings (SSSR count). The molecular weight excluding hydrogens is 238 g/mol. The smallest absolute Gasteiger partial charge is 0.0674 e. The zero-order valence-electron chi connectivity index (χ0n) is 12.7. The number of nitrogens with one attached hydrogen (secondary N) is 1. The van der Waals surface area contributed by atoms with Crippen LogP contribution in [0.25, 0.3) is 0 Å². The van der Waals surface area contributed by atoms with Crippen molar-refractivity contribution in [3.63, 3.8) is 0 Å². The molecule has 1 fully saturated rings.